The number of thioether (sulfide) groups is 2. The van der Waals surface area contributed by atoms with Crippen LogP contribution in [-0.4, -0.2) is 5.04 Å². The minimum absolute atomic E-state index is 0.543. The minimum atomic E-state index is 0.543. The molecule has 0 atom stereocenters. The molecule has 0 saturated carbocycles. The molecule has 5 heteroatoms. The molecule has 0 spiro atoms. The summed E-state index contributed by atoms with van der Waals surface area (Å²) in [6.07, 6.45) is 0. The third kappa shape index (κ3) is 6.18. The van der Waals surface area contributed by atoms with Crippen LogP contribution in [-0.2, 0) is 0 Å². The first kappa shape index (κ1) is 20.1. The highest BCUT2D eigenvalue weighted by Crippen LogP contribution is 2.32. The Kier molecular flexibility index (Phi) is 7.48. The van der Waals surface area contributed by atoms with Crippen LogP contribution in [0.4, 0.5) is 5.69 Å². The van der Waals surface area contributed by atoms with E-state index in [0.29, 0.717) is 10.0 Å². The molecule has 0 N–H and O–H groups in total. The zero-order valence-electron chi connectivity index (χ0n) is 14.6. The maximum atomic E-state index is 6.17. The van der Waals surface area contributed by atoms with Crippen LogP contribution >= 0.6 is 46.7 Å². The maximum Gasteiger partial charge on any atom is 0.105 e. The highest BCUT2D eigenvalue weighted by molar-refractivity contribution is 8.14. The monoisotopic (exact) mass is 429 g/mol. The zero-order chi connectivity index (χ0) is 19.1. The molecule has 0 aliphatic heterocycles. The molecule has 0 saturated heterocycles. The van der Waals surface area contributed by atoms with Crippen molar-refractivity contribution in [2.75, 3.05) is 0 Å². The van der Waals surface area contributed by atoms with Crippen LogP contribution in [0.3, 0.4) is 0 Å². The van der Waals surface area contributed by atoms with Crippen LogP contribution < -0.4 is 0 Å². The molecule has 0 heterocycles. The Bertz CT molecular complexity index is 955. The minimum Gasteiger partial charge on any atom is -0.241 e. The van der Waals surface area contributed by atoms with Gasteiger partial charge in [-0.3, -0.25) is 0 Å². The molecule has 0 amide bonds. The van der Waals surface area contributed by atoms with Crippen LogP contribution in [0.2, 0.25) is 10.0 Å². The number of nitrogens with zero attached hydrogens (tertiary/aromatic N) is 1. The Morgan fingerprint density at radius 1 is 0.815 bits per heavy atom. The molecule has 136 valence electrons. The smallest absolute Gasteiger partial charge is 0.105 e. The fourth-order valence-electron chi connectivity index (χ4n) is 2.17. The van der Waals surface area contributed by atoms with Crippen LogP contribution in [0.1, 0.15) is 6.92 Å². The van der Waals surface area contributed by atoms with Crippen molar-refractivity contribution in [3.05, 3.63) is 99.9 Å². The summed E-state index contributed by atoms with van der Waals surface area (Å²) in [6.45, 7) is 2.07. The Morgan fingerprint density at radius 3 is 2.15 bits per heavy atom. The van der Waals surface area contributed by atoms with Gasteiger partial charge >= 0.3 is 0 Å². The molecule has 3 rings (SSSR count). The van der Waals surface area contributed by atoms with Gasteiger partial charge < -0.3 is 0 Å². The second-order valence-corrected chi connectivity index (χ2v) is 8.48. The van der Waals surface area contributed by atoms with E-state index in [9.17, 15) is 0 Å². The van der Waals surface area contributed by atoms with Crippen molar-refractivity contribution < 1.29 is 0 Å². The normalized spacial score (nSPS) is 12.3. The van der Waals surface area contributed by atoms with Crippen LogP contribution in [0.15, 0.2) is 105 Å². The maximum absolute atomic E-state index is 6.17. The summed E-state index contributed by atoms with van der Waals surface area (Å²) in [7, 11) is 0. The Morgan fingerprint density at radius 2 is 1.48 bits per heavy atom. The van der Waals surface area contributed by atoms with Gasteiger partial charge in [0.25, 0.3) is 0 Å². The van der Waals surface area contributed by atoms with Crippen molar-refractivity contribution in [3.63, 3.8) is 0 Å². The number of aliphatic imine (C=N–C) groups is 1. The summed E-state index contributed by atoms with van der Waals surface area (Å²) < 4.78 is 0. The van der Waals surface area contributed by atoms with E-state index in [2.05, 4.69) is 24.5 Å². The van der Waals surface area contributed by atoms with Gasteiger partial charge in [-0.05, 0) is 60.4 Å². The van der Waals surface area contributed by atoms with E-state index in [-0.39, 0.29) is 0 Å². The van der Waals surface area contributed by atoms with E-state index in [0.717, 1.165) is 21.2 Å². The molecule has 0 unspecified atom stereocenters. The Labute approximate surface area is 178 Å². The summed E-state index contributed by atoms with van der Waals surface area (Å²) in [5, 5.41) is 4.14. The molecular formula is C22H17Cl2NS2. The summed E-state index contributed by atoms with van der Waals surface area (Å²) in [5.74, 6) is 0. The molecule has 3 aromatic carbocycles. The second-order valence-electron chi connectivity index (χ2n) is 5.66. The SMILES string of the molecule is C/C(=C\Sc1ccccc1)C(=Nc1ccccc1)Sc1ccc(Cl)c(Cl)c1. The van der Waals surface area contributed by atoms with Gasteiger partial charge in [-0.1, -0.05) is 83.1 Å². The first-order valence-corrected chi connectivity index (χ1v) is 10.7. The zero-order valence-corrected chi connectivity index (χ0v) is 17.7. The number of benzene rings is 3. The van der Waals surface area contributed by atoms with Gasteiger partial charge in [-0.25, -0.2) is 4.99 Å². The van der Waals surface area contributed by atoms with Crippen molar-refractivity contribution in [2.24, 2.45) is 4.99 Å². The standard InChI is InChI=1S/C22H17Cl2NS2/c1-16(15-26-18-10-6-3-7-11-18)22(25-17-8-4-2-5-9-17)27-19-12-13-20(23)21(24)14-19/h2-15H,1H3/b16-15+,25-22?. The largest absolute Gasteiger partial charge is 0.241 e. The quantitative estimate of drug-likeness (QED) is 0.228. The molecule has 27 heavy (non-hydrogen) atoms. The number of para-hydroxylation sites is 1. The van der Waals surface area contributed by atoms with E-state index >= 15 is 0 Å². The predicted molar refractivity (Wildman–Crippen MR) is 122 cm³/mol. The van der Waals surface area contributed by atoms with E-state index in [1.165, 1.54) is 4.90 Å². The average molecular weight is 430 g/mol. The molecule has 0 aliphatic rings. The highest BCUT2D eigenvalue weighted by Gasteiger charge is 2.08. The molecule has 1 nitrogen and oxygen atoms in total. The second kappa shape index (κ2) is 10.0. The lowest BCUT2D eigenvalue weighted by Gasteiger charge is -2.09. The lowest BCUT2D eigenvalue weighted by Crippen LogP contribution is -1.94. The lowest BCUT2D eigenvalue weighted by atomic mass is 10.3. The number of halogens is 2. The third-order valence-corrected chi connectivity index (χ3v) is 6.40. The molecule has 3 aromatic rings. The van der Waals surface area contributed by atoms with E-state index in [1.807, 2.05) is 66.7 Å². The summed E-state index contributed by atoms with van der Waals surface area (Å²) in [5.41, 5.74) is 2.00. The molecule has 0 aromatic heterocycles. The van der Waals surface area contributed by atoms with Crippen molar-refractivity contribution in [2.45, 2.75) is 16.7 Å². The van der Waals surface area contributed by atoms with E-state index < -0.39 is 0 Å². The lowest BCUT2D eigenvalue weighted by molar-refractivity contribution is 1.46. The van der Waals surface area contributed by atoms with Gasteiger partial charge in [0.1, 0.15) is 5.04 Å². The number of rotatable bonds is 5. The summed E-state index contributed by atoms with van der Waals surface area (Å²) in [6, 6.07) is 25.8. The van der Waals surface area contributed by atoms with Gasteiger partial charge in [0.2, 0.25) is 0 Å². The van der Waals surface area contributed by atoms with E-state index in [4.69, 9.17) is 28.2 Å². The highest BCUT2D eigenvalue weighted by atomic mass is 35.5. The van der Waals surface area contributed by atoms with Gasteiger partial charge in [0.05, 0.1) is 15.7 Å². The van der Waals surface area contributed by atoms with Gasteiger partial charge in [0, 0.05) is 9.79 Å². The van der Waals surface area contributed by atoms with Crippen molar-refractivity contribution in [1.82, 2.24) is 0 Å². The van der Waals surface area contributed by atoms with Gasteiger partial charge in [-0.15, -0.1) is 0 Å². The van der Waals surface area contributed by atoms with Crippen LogP contribution in [0.5, 0.6) is 0 Å². The average Bonchev–Trinajstić information content (AvgIpc) is 2.70. The topological polar surface area (TPSA) is 12.4 Å². The van der Waals surface area contributed by atoms with E-state index in [1.54, 1.807) is 23.5 Å². The summed E-state index contributed by atoms with van der Waals surface area (Å²) >= 11 is 15.5. The summed E-state index contributed by atoms with van der Waals surface area (Å²) in [4.78, 5) is 7.03. The van der Waals surface area contributed by atoms with Crippen molar-refractivity contribution in [1.29, 1.82) is 0 Å². The van der Waals surface area contributed by atoms with Crippen molar-refractivity contribution in [3.8, 4) is 0 Å². The first-order chi connectivity index (χ1) is 13.1. The van der Waals surface area contributed by atoms with Gasteiger partial charge in [-0.2, -0.15) is 0 Å². The van der Waals surface area contributed by atoms with Crippen molar-refractivity contribution >= 4 is 57.5 Å². The molecule has 0 radical (unpaired) electrons. The van der Waals surface area contributed by atoms with Crippen LogP contribution in [0.25, 0.3) is 0 Å². The van der Waals surface area contributed by atoms with Crippen LogP contribution in [0, 0.1) is 0 Å². The number of hydrogen-bond donors (Lipinski definition) is 0. The Hall–Kier alpha value is -1.65. The predicted octanol–water partition coefficient (Wildman–Crippen LogP) is 8.51. The fraction of sp³-hybridized carbons (Fsp3) is 0.0455. The van der Waals surface area contributed by atoms with Gasteiger partial charge in [0.15, 0.2) is 0 Å². The first-order valence-electron chi connectivity index (χ1n) is 8.27. The third-order valence-electron chi connectivity index (χ3n) is 3.54. The molecule has 0 fully saturated rings. The fourth-order valence-corrected chi connectivity index (χ4v) is 4.25. The number of hydrogen-bond acceptors (Lipinski definition) is 3. The molecule has 0 bridgehead atoms. The molecule has 0 aliphatic carbocycles. The molecular weight excluding hydrogens is 413 g/mol. The Balaban J connectivity index is 1.89.